The molecule has 0 bridgehead atoms. The van der Waals surface area contributed by atoms with Gasteiger partial charge < -0.3 is 5.32 Å². The van der Waals surface area contributed by atoms with E-state index in [4.69, 9.17) is 0 Å². The van der Waals surface area contributed by atoms with Crippen LogP contribution in [0, 0.1) is 6.92 Å². The summed E-state index contributed by atoms with van der Waals surface area (Å²) in [6, 6.07) is 12.2. The molecule has 0 aliphatic heterocycles. The minimum Gasteiger partial charge on any atom is -0.339 e. The van der Waals surface area contributed by atoms with Crippen molar-refractivity contribution >= 4 is 17.2 Å². The van der Waals surface area contributed by atoms with Crippen LogP contribution in [0.15, 0.2) is 54.2 Å². The number of carbonyl (C=O) groups is 1. The molecule has 1 aromatic carbocycles. The first-order valence-corrected chi connectivity index (χ1v) is 9.15. The summed E-state index contributed by atoms with van der Waals surface area (Å²) in [5, 5.41) is 5.11. The summed E-state index contributed by atoms with van der Waals surface area (Å²) < 4.78 is 0. The van der Waals surface area contributed by atoms with Crippen LogP contribution in [0.4, 0.5) is 0 Å². The number of aromatic nitrogens is 2. The third-order valence-electron chi connectivity index (χ3n) is 4.05. The average Bonchev–Trinajstić information content (AvgIpc) is 3.14. The minimum atomic E-state index is -0.223. The van der Waals surface area contributed by atoms with Gasteiger partial charge in [-0.1, -0.05) is 44.2 Å². The first kappa shape index (κ1) is 17.3. The van der Waals surface area contributed by atoms with Crippen molar-refractivity contribution < 1.29 is 4.79 Å². The van der Waals surface area contributed by atoms with E-state index in [1.54, 1.807) is 17.5 Å². The molecule has 25 heavy (non-hydrogen) atoms. The van der Waals surface area contributed by atoms with Gasteiger partial charge in [0.15, 0.2) is 0 Å². The second-order valence-corrected chi connectivity index (χ2v) is 7.27. The summed E-state index contributed by atoms with van der Waals surface area (Å²) in [6.07, 6.45) is 3.12. The van der Waals surface area contributed by atoms with Crippen molar-refractivity contribution in [2.24, 2.45) is 0 Å². The average molecular weight is 351 g/mol. The monoisotopic (exact) mass is 351 g/mol. The van der Waals surface area contributed by atoms with E-state index < -0.39 is 0 Å². The van der Waals surface area contributed by atoms with Crippen LogP contribution >= 0.6 is 11.3 Å². The molecule has 0 saturated carbocycles. The van der Waals surface area contributed by atoms with Crippen molar-refractivity contribution in [3.8, 4) is 0 Å². The second kappa shape index (κ2) is 7.57. The lowest BCUT2D eigenvalue weighted by molar-refractivity contribution is 0.0938. The Morgan fingerprint density at radius 2 is 1.76 bits per heavy atom. The molecule has 0 radical (unpaired) electrons. The number of aryl methyl sites for hydroxylation is 1. The quantitative estimate of drug-likeness (QED) is 0.737. The van der Waals surface area contributed by atoms with E-state index >= 15 is 0 Å². The SMILES string of the molecule is Cc1cnc(C(=O)NC(c2ccc(C(C)C)cc2)c2cccs2)cn1. The maximum Gasteiger partial charge on any atom is 0.272 e. The van der Waals surface area contributed by atoms with Crippen LogP contribution in [-0.4, -0.2) is 15.9 Å². The lowest BCUT2D eigenvalue weighted by Crippen LogP contribution is -2.29. The summed E-state index contributed by atoms with van der Waals surface area (Å²) in [4.78, 5) is 22.0. The van der Waals surface area contributed by atoms with Crippen LogP contribution in [0.1, 0.15) is 58.0 Å². The fourth-order valence-electron chi connectivity index (χ4n) is 2.56. The molecule has 3 rings (SSSR count). The van der Waals surface area contributed by atoms with Gasteiger partial charge in [-0.05, 0) is 35.4 Å². The van der Waals surface area contributed by atoms with E-state index in [1.165, 1.54) is 11.8 Å². The van der Waals surface area contributed by atoms with Gasteiger partial charge in [-0.25, -0.2) is 4.98 Å². The molecule has 3 aromatic rings. The molecule has 1 amide bonds. The zero-order chi connectivity index (χ0) is 17.8. The molecule has 128 valence electrons. The molecule has 0 saturated heterocycles. The van der Waals surface area contributed by atoms with Gasteiger partial charge in [0.25, 0.3) is 5.91 Å². The fourth-order valence-corrected chi connectivity index (χ4v) is 3.36. The van der Waals surface area contributed by atoms with Crippen molar-refractivity contribution in [1.82, 2.24) is 15.3 Å². The molecule has 1 N–H and O–H groups in total. The first-order valence-electron chi connectivity index (χ1n) is 8.27. The Kier molecular flexibility index (Phi) is 5.24. The van der Waals surface area contributed by atoms with Gasteiger partial charge >= 0.3 is 0 Å². The number of hydrogen-bond acceptors (Lipinski definition) is 4. The van der Waals surface area contributed by atoms with Crippen molar-refractivity contribution in [2.75, 3.05) is 0 Å². The van der Waals surface area contributed by atoms with Crippen molar-refractivity contribution in [3.63, 3.8) is 0 Å². The molecule has 0 aliphatic carbocycles. The molecular formula is C20H21N3OS. The maximum absolute atomic E-state index is 12.6. The number of hydrogen-bond donors (Lipinski definition) is 1. The topological polar surface area (TPSA) is 54.9 Å². The zero-order valence-electron chi connectivity index (χ0n) is 14.6. The van der Waals surface area contributed by atoms with Gasteiger partial charge in [0.1, 0.15) is 5.69 Å². The molecule has 4 nitrogen and oxygen atoms in total. The van der Waals surface area contributed by atoms with Crippen LogP contribution in [0.25, 0.3) is 0 Å². The Labute approximate surface area is 152 Å². The Bertz CT molecular complexity index is 824. The number of nitrogens with one attached hydrogen (secondary N) is 1. The van der Waals surface area contributed by atoms with Gasteiger partial charge in [-0.15, -0.1) is 11.3 Å². The third kappa shape index (κ3) is 4.12. The smallest absolute Gasteiger partial charge is 0.272 e. The second-order valence-electron chi connectivity index (χ2n) is 6.29. The minimum absolute atomic E-state index is 0.197. The molecule has 0 aliphatic rings. The van der Waals surface area contributed by atoms with Crippen molar-refractivity contribution in [2.45, 2.75) is 32.7 Å². The van der Waals surface area contributed by atoms with E-state index in [-0.39, 0.29) is 11.9 Å². The number of amides is 1. The van der Waals surface area contributed by atoms with Crippen LogP contribution < -0.4 is 5.32 Å². The molecule has 0 fully saturated rings. The molecule has 2 aromatic heterocycles. The number of carbonyl (C=O) groups excluding carboxylic acids is 1. The molecule has 2 heterocycles. The Morgan fingerprint density at radius 1 is 1.04 bits per heavy atom. The normalized spacial score (nSPS) is 12.2. The van der Waals surface area contributed by atoms with Crippen LogP contribution in [0.3, 0.4) is 0 Å². The fraction of sp³-hybridized carbons (Fsp3) is 0.250. The van der Waals surface area contributed by atoms with Crippen molar-refractivity contribution in [1.29, 1.82) is 0 Å². The number of benzene rings is 1. The largest absolute Gasteiger partial charge is 0.339 e. The van der Waals surface area contributed by atoms with Gasteiger partial charge in [-0.2, -0.15) is 0 Å². The number of thiophene rings is 1. The molecule has 1 atom stereocenters. The van der Waals surface area contributed by atoms with Crippen LogP contribution in [0.2, 0.25) is 0 Å². The number of rotatable bonds is 5. The molecular weight excluding hydrogens is 330 g/mol. The molecule has 0 spiro atoms. The number of nitrogens with zero attached hydrogens (tertiary/aromatic N) is 2. The van der Waals surface area contributed by atoms with Gasteiger partial charge in [0.05, 0.1) is 17.9 Å². The lowest BCUT2D eigenvalue weighted by atomic mass is 9.98. The predicted molar refractivity (Wildman–Crippen MR) is 101 cm³/mol. The maximum atomic E-state index is 12.6. The van der Waals surface area contributed by atoms with Gasteiger partial charge in [-0.3, -0.25) is 9.78 Å². The van der Waals surface area contributed by atoms with Gasteiger partial charge in [0.2, 0.25) is 0 Å². The van der Waals surface area contributed by atoms with Crippen LogP contribution in [-0.2, 0) is 0 Å². The Balaban J connectivity index is 1.88. The summed E-state index contributed by atoms with van der Waals surface area (Å²) in [5.41, 5.74) is 3.45. The third-order valence-corrected chi connectivity index (χ3v) is 4.99. The van der Waals surface area contributed by atoms with E-state index in [0.717, 1.165) is 16.1 Å². The molecule has 1 unspecified atom stereocenters. The Morgan fingerprint density at radius 3 is 2.32 bits per heavy atom. The summed E-state index contributed by atoms with van der Waals surface area (Å²) in [5.74, 6) is 0.255. The predicted octanol–water partition coefficient (Wildman–Crippen LogP) is 4.49. The standard InChI is InChI=1S/C20H21N3OS/c1-13(2)15-6-8-16(9-7-15)19(18-5-4-10-25-18)23-20(24)17-12-21-14(3)11-22-17/h4-13,19H,1-3H3,(H,23,24). The highest BCUT2D eigenvalue weighted by atomic mass is 32.1. The zero-order valence-corrected chi connectivity index (χ0v) is 15.4. The van der Waals surface area contributed by atoms with E-state index in [2.05, 4.69) is 53.4 Å². The van der Waals surface area contributed by atoms with Crippen LogP contribution in [0.5, 0.6) is 0 Å². The lowest BCUT2D eigenvalue weighted by Gasteiger charge is -2.18. The molecule has 5 heteroatoms. The van der Waals surface area contributed by atoms with E-state index in [0.29, 0.717) is 11.6 Å². The van der Waals surface area contributed by atoms with E-state index in [1.807, 2.05) is 24.4 Å². The summed E-state index contributed by atoms with van der Waals surface area (Å²) >= 11 is 1.63. The summed E-state index contributed by atoms with van der Waals surface area (Å²) in [6.45, 7) is 6.19. The Hall–Kier alpha value is -2.53. The van der Waals surface area contributed by atoms with E-state index in [9.17, 15) is 4.79 Å². The first-order chi connectivity index (χ1) is 12.0. The highest BCUT2D eigenvalue weighted by molar-refractivity contribution is 7.10. The highest BCUT2D eigenvalue weighted by Crippen LogP contribution is 2.27. The highest BCUT2D eigenvalue weighted by Gasteiger charge is 2.20. The van der Waals surface area contributed by atoms with Crippen molar-refractivity contribution in [3.05, 3.63) is 81.6 Å². The summed E-state index contributed by atoms with van der Waals surface area (Å²) in [7, 11) is 0. The van der Waals surface area contributed by atoms with Gasteiger partial charge in [0, 0.05) is 11.1 Å².